The van der Waals surface area contributed by atoms with E-state index in [1.807, 2.05) is 0 Å². The van der Waals surface area contributed by atoms with E-state index in [2.05, 4.69) is 0 Å². The molecular formula is C18H25NO6S. The molecule has 7 nitrogen and oxygen atoms in total. The van der Waals surface area contributed by atoms with Crippen LogP contribution < -0.4 is 4.74 Å². The number of aromatic carboxylic acids is 1. The molecule has 1 aromatic rings. The fourth-order valence-electron chi connectivity index (χ4n) is 4.41. The van der Waals surface area contributed by atoms with Crippen molar-refractivity contribution < 1.29 is 27.8 Å². The second kappa shape index (κ2) is 7.17. The van der Waals surface area contributed by atoms with Crippen molar-refractivity contribution >= 4 is 16.0 Å². The van der Waals surface area contributed by atoms with Crippen molar-refractivity contribution in [1.82, 2.24) is 4.31 Å². The number of carboxylic acids is 1. The van der Waals surface area contributed by atoms with Crippen LogP contribution in [0.2, 0.25) is 0 Å². The summed E-state index contributed by atoms with van der Waals surface area (Å²) in [5.41, 5.74) is -0.232. The molecule has 1 aliphatic heterocycles. The molecule has 1 N–H and O–H groups in total. The number of ether oxygens (including phenoxy) is 2. The topological polar surface area (TPSA) is 93.1 Å². The van der Waals surface area contributed by atoms with Gasteiger partial charge in [-0.15, -0.1) is 0 Å². The van der Waals surface area contributed by atoms with Crippen molar-refractivity contribution in [2.75, 3.05) is 27.3 Å². The van der Waals surface area contributed by atoms with Gasteiger partial charge in [0, 0.05) is 25.6 Å². The summed E-state index contributed by atoms with van der Waals surface area (Å²) in [6.45, 7) is 0.815. The van der Waals surface area contributed by atoms with E-state index in [4.69, 9.17) is 9.47 Å². The summed E-state index contributed by atoms with van der Waals surface area (Å²) in [6, 6.07) is 3.92. The number of benzene rings is 1. The molecule has 0 aromatic heterocycles. The van der Waals surface area contributed by atoms with Crippen LogP contribution in [-0.2, 0) is 14.8 Å². The predicted molar refractivity (Wildman–Crippen MR) is 95.0 cm³/mol. The monoisotopic (exact) mass is 383 g/mol. The van der Waals surface area contributed by atoms with Crippen LogP contribution in [0, 0.1) is 5.41 Å². The van der Waals surface area contributed by atoms with E-state index in [-0.39, 0.29) is 27.7 Å². The van der Waals surface area contributed by atoms with Crippen LogP contribution in [0.1, 0.15) is 42.5 Å². The smallest absolute Gasteiger partial charge is 0.335 e. The summed E-state index contributed by atoms with van der Waals surface area (Å²) < 4.78 is 38.9. The quantitative estimate of drug-likeness (QED) is 0.839. The van der Waals surface area contributed by atoms with Crippen LogP contribution in [0.15, 0.2) is 23.1 Å². The molecule has 1 aliphatic carbocycles. The summed E-state index contributed by atoms with van der Waals surface area (Å²) in [5.74, 6) is -1.02. The van der Waals surface area contributed by atoms with E-state index in [9.17, 15) is 18.3 Å². The molecule has 0 unspecified atom stereocenters. The molecule has 3 rings (SSSR count). The van der Waals surface area contributed by atoms with E-state index in [0.717, 1.165) is 32.1 Å². The molecule has 1 saturated carbocycles. The fraction of sp³-hybridized carbons (Fsp3) is 0.611. The van der Waals surface area contributed by atoms with Gasteiger partial charge < -0.3 is 14.6 Å². The van der Waals surface area contributed by atoms with E-state index in [1.54, 1.807) is 7.11 Å². The number of nitrogens with zero attached hydrogens (tertiary/aromatic N) is 1. The number of carboxylic acid groups (broad SMARTS) is 1. The van der Waals surface area contributed by atoms with Gasteiger partial charge in [-0.25, -0.2) is 13.2 Å². The Morgan fingerprint density at radius 3 is 2.65 bits per heavy atom. The zero-order valence-electron chi connectivity index (χ0n) is 15.1. The van der Waals surface area contributed by atoms with Crippen molar-refractivity contribution in [3.05, 3.63) is 23.8 Å². The zero-order chi connectivity index (χ0) is 18.9. The molecule has 1 saturated heterocycles. The number of rotatable bonds is 5. The summed E-state index contributed by atoms with van der Waals surface area (Å²) in [7, 11) is -0.802. The molecule has 1 spiro atoms. The first kappa shape index (κ1) is 19.1. The molecule has 1 heterocycles. The first-order valence-corrected chi connectivity index (χ1v) is 10.2. The Labute approximate surface area is 154 Å². The van der Waals surface area contributed by atoms with Gasteiger partial charge in [-0.3, -0.25) is 0 Å². The lowest BCUT2D eigenvalue weighted by Gasteiger charge is -2.43. The third-order valence-corrected chi connectivity index (χ3v) is 7.58. The largest absolute Gasteiger partial charge is 0.495 e. The number of methoxy groups -OCH3 is 2. The number of sulfonamides is 1. The van der Waals surface area contributed by atoms with Gasteiger partial charge in [0.15, 0.2) is 0 Å². The highest BCUT2D eigenvalue weighted by Gasteiger charge is 2.48. The lowest BCUT2D eigenvalue weighted by Crippen LogP contribution is -2.49. The van der Waals surface area contributed by atoms with Crippen molar-refractivity contribution in [3.8, 4) is 5.75 Å². The van der Waals surface area contributed by atoms with Gasteiger partial charge in [0.05, 0.1) is 18.8 Å². The Kier molecular flexibility index (Phi) is 5.28. The van der Waals surface area contributed by atoms with Crippen LogP contribution in [0.25, 0.3) is 0 Å². The molecule has 8 heteroatoms. The van der Waals surface area contributed by atoms with Crippen LogP contribution in [0.3, 0.4) is 0 Å². The van der Waals surface area contributed by atoms with Gasteiger partial charge in [0.25, 0.3) is 0 Å². The van der Waals surface area contributed by atoms with Gasteiger partial charge in [-0.1, -0.05) is 6.42 Å². The lowest BCUT2D eigenvalue weighted by molar-refractivity contribution is -0.0185. The maximum absolute atomic E-state index is 13.3. The highest BCUT2D eigenvalue weighted by molar-refractivity contribution is 7.89. The fourth-order valence-corrected chi connectivity index (χ4v) is 6.17. The summed E-state index contributed by atoms with van der Waals surface area (Å²) in [6.07, 6.45) is 4.70. The lowest BCUT2D eigenvalue weighted by atomic mass is 9.77. The Bertz CT molecular complexity index is 793. The third kappa shape index (κ3) is 3.21. The second-order valence-corrected chi connectivity index (χ2v) is 9.00. The second-order valence-electron chi connectivity index (χ2n) is 7.09. The zero-order valence-corrected chi connectivity index (χ0v) is 15.9. The van der Waals surface area contributed by atoms with E-state index in [1.165, 1.54) is 29.6 Å². The SMILES string of the molecule is COc1ccc(C(=O)O)cc1S(=O)(=O)N1CCC[C@]2(CCC[C@H]2OC)C1. The van der Waals surface area contributed by atoms with E-state index < -0.39 is 16.0 Å². The van der Waals surface area contributed by atoms with Crippen molar-refractivity contribution in [2.24, 2.45) is 5.41 Å². The number of piperidine rings is 1. The molecule has 0 radical (unpaired) electrons. The van der Waals surface area contributed by atoms with E-state index >= 15 is 0 Å². The molecule has 0 bridgehead atoms. The summed E-state index contributed by atoms with van der Waals surface area (Å²) in [4.78, 5) is 11.2. The first-order chi connectivity index (χ1) is 12.3. The van der Waals surface area contributed by atoms with Gasteiger partial charge in [0.2, 0.25) is 10.0 Å². The first-order valence-electron chi connectivity index (χ1n) is 8.78. The van der Waals surface area contributed by atoms with Crippen LogP contribution in [0.5, 0.6) is 5.75 Å². The molecule has 26 heavy (non-hydrogen) atoms. The van der Waals surface area contributed by atoms with Crippen LogP contribution in [0.4, 0.5) is 0 Å². The van der Waals surface area contributed by atoms with Crippen molar-refractivity contribution in [1.29, 1.82) is 0 Å². The molecule has 2 fully saturated rings. The minimum Gasteiger partial charge on any atom is -0.495 e. The number of hydrogen-bond acceptors (Lipinski definition) is 5. The maximum atomic E-state index is 13.3. The summed E-state index contributed by atoms with van der Waals surface area (Å²) >= 11 is 0. The predicted octanol–water partition coefficient (Wildman–Crippen LogP) is 2.36. The number of hydrogen-bond donors (Lipinski definition) is 1. The molecule has 1 aromatic carbocycles. The Balaban J connectivity index is 1.98. The average Bonchev–Trinajstić information content (AvgIpc) is 3.02. The van der Waals surface area contributed by atoms with E-state index in [0.29, 0.717) is 13.1 Å². The molecule has 0 amide bonds. The van der Waals surface area contributed by atoms with Gasteiger partial charge in [0.1, 0.15) is 10.6 Å². The standard InChI is InChI=1S/C18H25NO6S/c1-24-14-7-6-13(17(20)21)11-15(14)26(22,23)19-10-4-9-18(12-19)8-3-5-16(18)25-2/h6-7,11,16H,3-5,8-10,12H2,1-2H3,(H,20,21)/t16-,18-/m1/s1. The summed E-state index contributed by atoms with van der Waals surface area (Å²) in [5, 5.41) is 9.22. The Morgan fingerprint density at radius 2 is 2.00 bits per heavy atom. The third-order valence-electron chi connectivity index (χ3n) is 5.71. The average molecular weight is 383 g/mol. The molecule has 144 valence electrons. The van der Waals surface area contributed by atoms with Gasteiger partial charge in [-0.05, 0) is 43.9 Å². The Hall–Kier alpha value is -1.64. The highest BCUT2D eigenvalue weighted by Crippen LogP contribution is 2.47. The van der Waals surface area contributed by atoms with Crippen molar-refractivity contribution in [3.63, 3.8) is 0 Å². The van der Waals surface area contributed by atoms with Crippen molar-refractivity contribution in [2.45, 2.75) is 43.1 Å². The minimum atomic E-state index is -3.87. The Morgan fingerprint density at radius 1 is 1.27 bits per heavy atom. The van der Waals surface area contributed by atoms with Crippen LogP contribution >= 0.6 is 0 Å². The number of carbonyl (C=O) groups is 1. The molecule has 2 atom stereocenters. The van der Waals surface area contributed by atoms with Gasteiger partial charge in [-0.2, -0.15) is 4.31 Å². The van der Waals surface area contributed by atoms with Crippen LogP contribution in [-0.4, -0.2) is 57.2 Å². The highest BCUT2D eigenvalue weighted by atomic mass is 32.2. The maximum Gasteiger partial charge on any atom is 0.335 e. The van der Waals surface area contributed by atoms with Gasteiger partial charge >= 0.3 is 5.97 Å². The molecular weight excluding hydrogens is 358 g/mol. The normalized spacial score (nSPS) is 26.9. The molecule has 2 aliphatic rings. The minimum absolute atomic E-state index is 0.0627.